The largest absolute Gasteiger partial charge is 0.332 e. The van der Waals surface area contributed by atoms with Gasteiger partial charge < -0.3 is 5.32 Å². The Hall–Kier alpha value is -3.84. The number of carbonyl (C=O) groups excluding carboxylic acids is 1. The molecule has 0 bridgehead atoms. The highest BCUT2D eigenvalue weighted by molar-refractivity contribution is 7.80. The Labute approximate surface area is 223 Å². The number of unbranched alkanes of at least 4 members (excludes halogenated alkanes) is 1. The maximum absolute atomic E-state index is 12.4. The Balaban J connectivity index is 1.40. The van der Waals surface area contributed by atoms with Crippen molar-refractivity contribution in [1.29, 1.82) is 0 Å². The molecule has 37 heavy (non-hydrogen) atoms. The van der Waals surface area contributed by atoms with Crippen LogP contribution in [-0.4, -0.2) is 26.0 Å². The molecule has 0 spiro atoms. The molecule has 0 aliphatic carbocycles. The number of rotatable bonds is 8. The summed E-state index contributed by atoms with van der Waals surface area (Å²) in [6, 6.07) is 20.4. The van der Waals surface area contributed by atoms with Crippen LogP contribution in [0.3, 0.4) is 0 Å². The second kappa shape index (κ2) is 11.9. The maximum Gasteiger partial charge on any atom is 0.250 e. The monoisotopic (exact) mass is 511 g/mol. The second-order valence-corrected chi connectivity index (χ2v) is 9.92. The number of aromatic nitrogens is 3. The number of nitrogens with zero attached hydrogens (tertiary/aromatic N) is 3. The van der Waals surface area contributed by atoms with E-state index >= 15 is 0 Å². The van der Waals surface area contributed by atoms with Crippen molar-refractivity contribution in [2.24, 2.45) is 0 Å². The third kappa shape index (κ3) is 6.89. The molecule has 0 aliphatic heterocycles. The van der Waals surface area contributed by atoms with E-state index in [2.05, 4.69) is 65.9 Å². The SMILES string of the molecule is CCCCc1ccc(-n2nc3cc(C)c(NC(=S)NC(=O)C=Cc4ccc(C(C)C)cc4)cc3n2)cc1. The zero-order chi connectivity index (χ0) is 26.4. The van der Waals surface area contributed by atoms with Crippen LogP contribution >= 0.6 is 12.2 Å². The van der Waals surface area contributed by atoms with E-state index in [-0.39, 0.29) is 11.0 Å². The van der Waals surface area contributed by atoms with E-state index in [0.717, 1.165) is 40.0 Å². The van der Waals surface area contributed by atoms with Crippen LogP contribution in [0.5, 0.6) is 0 Å². The summed E-state index contributed by atoms with van der Waals surface area (Å²) in [5.41, 5.74) is 7.70. The molecule has 7 heteroatoms. The van der Waals surface area contributed by atoms with E-state index < -0.39 is 0 Å². The summed E-state index contributed by atoms with van der Waals surface area (Å²) in [7, 11) is 0. The van der Waals surface area contributed by atoms with Gasteiger partial charge in [0.25, 0.3) is 0 Å². The molecule has 0 aliphatic rings. The number of aryl methyl sites for hydroxylation is 2. The fourth-order valence-electron chi connectivity index (χ4n) is 3.97. The summed E-state index contributed by atoms with van der Waals surface area (Å²) < 4.78 is 0. The van der Waals surface area contributed by atoms with E-state index in [1.807, 2.05) is 43.3 Å². The summed E-state index contributed by atoms with van der Waals surface area (Å²) in [6.45, 7) is 8.47. The first kappa shape index (κ1) is 26.2. The quantitative estimate of drug-likeness (QED) is 0.203. The summed E-state index contributed by atoms with van der Waals surface area (Å²) in [5.74, 6) is 0.177. The van der Waals surface area contributed by atoms with Crippen molar-refractivity contribution in [1.82, 2.24) is 20.3 Å². The van der Waals surface area contributed by atoms with Crippen molar-refractivity contribution in [2.45, 2.75) is 52.9 Å². The molecule has 1 amide bonds. The third-order valence-electron chi connectivity index (χ3n) is 6.23. The van der Waals surface area contributed by atoms with Crippen LogP contribution in [0.25, 0.3) is 22.8 Å². The molecule has 0 atom stereocenters. The lowest BCUT2D eigenvalue weighted by Crippen LogP contribution is -2.33. The van der Waals surface area contributed by atoms with Crippen molar-refractivity contribution >= 4 is 46.0 Å². The third-order valence-corrected chi connectivity index (χ3v) is 6.43. The van der Waals surface area contributed by atoms with Gasteiger partial charge in [-0.25, -0.2) is 0 Å². The van der Waals surface area contributed by atoms with Gasteiger partial charge in [-0.3, -0.25) is 10.1 Å². The van der Waals surface area contributed by atoms with Crippen LogP contribution in [-0.2, 0) is 11.2 Å². The molecule has 190 valence electrons. The van der Waals surface area contributed by atoms with Gasteiger partial charge in [0.1, 0.15) is 11.0 Å². The highest BCUT2D eigenvalue weighted by atomic mass is 32.1. The topological polar surface area (TPSA) is 71.8 Å². The molecule has 0 saturated heterocycles. The Kier molecular flexibility index (Phi) is 8.46. The molecule has 2 N–H and O–H groups in total. The van der Waals surface area contributed by atoms with Crippen molar-refractivity contribution in [3.63, 3.8) is 0 Å². The Morgan fingerprint density at radius 3 is 2.35 bits per heavy atom. The van der Waals surface area contributed by atoms with Crippen LogP contribution in [0.4, 0.5) is 5.69 Å². The Bertz CT molecular complexity index is 1420. The number of hydrogen-bond donors (Lipinski definition) is 2. The number of fused-ring (bicyclic) bond motifs is 1. The predicted octanol–water partition coefficient (Wildman–Crippen LogP) is 6.72. The maximum atomic E-state index is 12.4. The highest BCUT2D eigenvalue weighted by Gasteiger charge is 2.10. The van der Waals surface area contributed by atoms with Crippen molar-refractivity contribution in [2.75, 3.05) is 5.32 Å². The van der Waals surface area contributed by atoms with E-state index in [0.29, 0.717) is 5.92 Å². The number of anilines is 1. The molecule has 1 heterocycles. The van der Waals surface area contributed by atoms with Gasteiger partial charge >= 0.3 is 0 Å². The van der Waals surface area contributed by atoms with Gasteiger partial charge in [-0.2, -0.15) is 4.80 Å². The second-order valence-electron chi connectivity index (χ2n) is 9.51. The Morgan fingerprint density at radius 1 is 1.03 bits per heavy atom. The number of hydrogen-bond acceptors (Lipinski definition) is 4. The fraction of sp³-hybridized carbons (Fsp3) is 0.267. The van der Waals surface area contributed by atoms with Crippen LogP contribution in [0, 0.1) is 6.92 Å². The lowest BCUT2D eigenvalue weighted by Gasteiger charge is -2.10. The van der Waals surface area contributed by atoms with Crippen molar-refractivity contribution < 1.29 is 4.79 Å². The molecular weight excluding hydrogens is 478 g/mol. The minimum atomic E-state index is -0.294. The van der Waals surface area contributed by atoms with Crippen LogP contribution in [0.1, 0.15) is 61.8 Å². The molecule has 0 saturated carbocycles. The molecule has 1 aromatic heterocycles. The summed E-state index contributed by atoms with van der Waals surface area (Å²) in [6.07, 6.45) is 6.70. The average Bonchev–Trinajstić information content (AvgIpc) is 3.29. The molecular formula is C30H33N5OS. The zero-order valence-corrected chi connectivity index (χ0v) is 22.6. The lowest BCUT2D eigenvalue weighted by atomic mass is 10.0. The van der Waals surface area contributed by atoms with Gasteiger partial charge in [-0.1, -0.05) is 63.6 Å². The van der Waals surface area contributed by atoms with E-state index in [1.165, 1.54) is 30.0 Å². The minimum Gasteiger partial charge on any atom is -0.332 e. The first-order valence-electron chi connectivity index (χ1n) is 12.7. The van der Waals surface area contributed by atoms with E-state index in [1.54, 1.807) is 10.9 Å². The number of amides is 1. The smallest absolute Gasteiger partial charge is 0.250 e. The van der Waals surface area contributed by atoms with Gasteiger partial charge in [-0.05, 0) is 90.5 Å². The molecule has 0 unspecified atom stereocenters. The molecule has 6 nitrogen and oxygen atoms in total. The van der Waals surface area contributed by atoms with E-state index in [9.17, 15) is 4.79 Å². The lowest BCUT2D eigenvalue weighted by molar-refractivity contribution is -0.115. The summed E-state index contributed by atoms with van der Waals surface area (Å²) in [5, 5.41) is 15.3. The number of nitrogens with one attached hydrogen (secondary N) is 2. The molecule has 3 aromatic carbocycles. The Morgan fingerprint density at radius 2 is 1.70 bits per heavy atom. The fourth-order valence-corrected chi connectivity index (χ4v) is 4.18. The van der Waals surface area contributed by atoms with Crippen LogP contribution < -0.4 is 10.6 Å². The minimum absolute atomic E-state index is 0.224. The first-order chi connectivity index (χ1) is 17.8. The number of carbonyl (C=O) groups is 1. The standard InChI is InChI=1S/C30H33N5OS/c1-5-6-7-22-10-15-25(16-11-22)35-33-27-18-21(4)26(19-28(27)34-35)31-30(37)32-29(36)17-12-23-8-13-24(14-9-23)20(2)3/h8-20H,5-7H2,1-4H3,(H2,31,32,36,37). The van der Waals surface area contributed by atoms with Gasteiger partial charge in [0, 0.05) is 11.8 Å². The van der Waals surface area contributed by atoms with Gasteiger partial charge in [0.2, 0.25) is 5.91 Å². The number of benzene rings is 3. The van der Waals surface area contributed by atoms with Crippen molar-refractivity contribution in [3.05, 3.63) is 89.0 Å². The van der Waals surface area contributed by atoms with Crippen molar-refractivity contribution in [3.8, 4) is 5.69 Å². The van der Waals surface area contributed by atoms with Gasteiger partial charge in [0.15, 0.2) is 5.11 Å². The number of thiocarbonyl (C=S) groups is 1. The normalized spacial score (nSPS) is 11.4. The molecule has 0 fully saturated rings. The predicted molar refractivity (Wildman–Crippen MR) is 156 cm³/mol. The van der Waals surface area contributed by atoms with Crippen LogP contribution in [0.2, 0.25) is 0 Å². The van der Waals surface area contributed by atoms with Gasteiger partial charge in [-0.15, -0.1) is 10.2 Å². The zero-order valence-electron chi connectivity index (χ0n) is 21.8. The highest BCUT2D eigenvalue weighted by Crippen LogP contribution is 2.22. The summed E-state index contributed by atoms with van der Waals surface area (Å²) >= 11 is 5.38. The average molecular weight is 512 g/mol. The van der Waals surface area contributed by atoms with Crippen LogP contribution in [0.15, 0.2) is 66.7 Å². The van der Waals surface area contributed by atoms with E-state index in [4.69, 9.17) is 12.2 Å². The summed E-state index contributed by atoms with van der Waals surface area (Å²) in [4.78, 5) is 14.0. The molecule has 0 radical (unpaired) electrons. The van der Waals surface area contributed by atoms with Gasteiger partial charge in [0.05, 0.1) is 5.69 Å². The molecule has 4 rings (SSSR count). The first-order valence-corrected chi connectivity index (χ1v) is 13.1. The molecule has 4 aromatic rings.